The van der Waals surface area contributed by atoms with Crippen LogP contribution in [0.15, 0.2) is 205 Å². The van der Waals surface area contributed by atoms with E-state index in [9.17, 15) is 0 Å². The summed E-state index contributed by atoms with van der Waals surface area (Å²) in [6, 6.07) is 71.3. The molecule has 3 heterocycles. The van der Waals surface area contributed by atoms with Crippen molar-refractivity contribution in [3.63, 3.8) is 0 Å². The molecule has 0 unspecified atom stereocenters. The van der Waals surface area contributed by atoms with Crippen molar-refractivity contribution in [1.29, 1.82) is 0 Å². The highest BCUT2D eigenvalue weighted by Crippen LogP contribution is 2.47. The predicted molar refractivity (Wildman–Crippen MR) is 250 cm³/mol. The minimum atomic E-state index is 0.596. The molecule has 0 N–H and O–H groups in total. The third-order valence-electron chi connectivity index (χ3n) is 12.4. The van der Waals surface area contributed by atoms with Gasteiger partial charge in [-0.15, -0.1) is 0 Å². The normalized spacial score (nSPS) is 12.0. The second-order valence-corrected chi connectivity index (χ2v) is 15.7. The van der Waals surface area contributed by atoms with Gasteiger partial charge in [-0.05, 0) is 73.5 Å². The Hall–Kier alpha value is -8.08. The largest absolute Gasteiger partial charge is 0.454 e. The molecule has 0 spiro atoms. The lowest BCUT2D eigenvalue weighted by Crippen LogP contribution is -2.04. The number of rotatable bonds is 4. The molecule has 0 aliphatic heterocycles. The molecule has 0 radical (unpaired) electrons. The molecule has 60 heavy (non-hydrogen) atoms. The van der Waals surface area contributed by atoms with E-state index in [1.165, 1.54) is 27.5 Å². The van der Waals surface area contributed by atoms with E-state index in [1.807, 2.05) is 6.07 Å². The van der Waals surface area contributed by atoms with Crippen molar-refractivity contribution in [3.8, 4) is 39.5 Å². The highest BCUT2D eigenvalue weighted by atomic mass is 16.3. The maximum atomic E-state index is 6.99. The Morgan fingerprint density at radius 3 is 1.87 bits per heavy atom. The Balaban J connectivity index is 1.17. The summed E-state index contributed by atoms with van der Waals surface area (Å²) < 4.78 is 9.24. The summed E-state index contributed by atoms with van der Waals surface area (Å²) in [5, 5.41) is 12.4. The molecule has 13 rings (SSSR count). The van der Waals surface area contributed by atoms with Crippen LogP contribution < -0.4 is 0 Å². The molecular weight excluding hydrogens is 731 g/mol. The van der Waals surface area contributed by atoms with Gasteiger partial charge in [-0.3, -0.25) is 4.57 Å². The smallest absolute Gasteiger partial charge is 0.235 e. The van der Waals surface area contributed by atoms with E-state index < -0.39 is 0 Å². The third kappa shape index (κ3) is 4.79. The van der Waals surface area contributed by atoms with Gasteiger partial charge in [0.1, 0.15) is 11.1 Å². The van der Waals surface area contributed by atoms with E-state index in [4.69, 9.17) is 14.4 Å². The molecule has 0 amide bonds. The molecule has 4 heteroatoms. The molecule has 4 nitrogen and oxygen atoms in total. The molecule has 0 aliphatic carbocycles. The zero-order valence-electron chi connectivity index (χ0n) is 32.3. The van der Waals surface area contributed by atoms with Crippen LogP contribution in [0.3, 0.4) is 0 Å². The van der Waals surface area contributed by atoms with Crippen molar-refractivity contribution in [2.24, 2.45) is 0 Å². The molecule has 0 bridgehead atoms. The van der Waals surface area contributed by atoms with Gasteiger partial charge in [0.05, 0.1) is 16.7 Å². The van der Waals surface area contributed by atoms with Gasteiger partial charge in [-0.25, -0.2) is 9.97 Å². The summed E-state index contributed by atoms with van der Waals surface area (Å²) >= 11 is 0. The van der Waals surface area contributed by atoms with Gasteiger partial charge in [0.15, 0.2) is 5.58 Å². The number of hydrogen-bond acceptors (Lipinski definition) is 3. The van der Waals surface area contributed by atoms with Gasteiger partial charge in [-0.2, -0.15) is 0 Å². The average Bonchev–Trinajstić information content (AvgIpc) is 3.88. The van der Waals surface area contributed by atoms with Crippen molar-refractivity contribution in [1.82, 2.24) is 14.5 Å². The van der Waals surface area contributed by atoms with E-state index in [0.717, 1.165) is 93.0 Å². The Morgan fingerprint density at radius 2 is 1.02 bits per heavy atom. The Kier molecular flexibility index (Phi) is 6.98. The molecule has 0 saturated heterocycles. The number of fused-ring (bicyclic) bond motifs is 14. The van der Waals surface area contributed by atoms with E-state index >= 15 is 0 Å². The summed E-state index contributed by atoms with van der Waals surface area (Å²) in [4.78, 5) is 11.1. The highest BCUT2D eigenvalue weighted by Gasteiger charge is 2.25. The summed E-state index contributed by atoms with van der Waals surface area (Å²) in [6.45, 7) is 0. The van der Waals surface area contributed by atoms with Crippen LogP contribution in [0.4, 0.5) is 0 Å². The monoisotopic (exact) mass is 763 g/mol. The van der Waals surface area contributed by atoms with Crippen LogP contribution in [-0.4, -0.2) is 14.5 Å². The quantitative estimate of drug-likeness (QED) is 0.168. The van der Waals surface area contributed by atoms with Crippen LogP contribution in [0.2, 0.25) is 0 Å². The lowest BCUT2D eigenvalue weighted by Gasteiger charge is -2.14. The summed E-state index contributed by atoms with van der Waals surface area (Å²) in [5.74, 6) is 0.596. The second kappa shape index (κ2) is 12.7. The zero-order chi connectivity index (χ0) is 39.3. The predicted octanol–water partition coefficient (Wildman–Crippen LogP) is 15.1. The molecule has 0 saturated carbocycles. The van der Waals surface area contributed by atoms with Crippen molar-refractivity contribution < 1.29 is 4.42 Å². The standard InChI is InChI=1S/C56H33N3O/c1-2-13-34(14-3-1)35-25-27-38(28-26-35)52-46-32-29-37-16-5-7-19-42(37)53(46)58-56(57-52)59-48-23-10-8-20-44(48)50-47-33-39(41-22-12-17-36-15-4-6-18-40(36)41)30-31-43(47)51-45-21-9-11-24-49(45)60-55(51)54(50)59/h1-33H. The van der Waals surface area contributed by atoms with Gasteiger partial charge < -0.3 is 4.42 Å². The van der Waals surface area contributed by atoms with Crippen LogP contribution in [0.1, 0.15) is 0 Å². The molecule has 0 fully saturated rings. The van der Waals surface area contributed by atoms with Crippen LogP contribution in [0.25, 0.3) is 126 Å². The van der Waals surface area contributed by atoms with Crippen molar-refractivity contribution in [2.45, 2.75) is 0 Å². The fourth-order valence-electron chi connectivity index (χ4n) is 9.65. The fourth-order valence-corrected chi connectivity index (χ4v) is 9.65. The lowest BCUT2D eigenvalue weighted by molar-refractivity contribution is 0.671. The van der Waals surface area contributed by atoms with E-state index in [-0.39, 0.29) is 0 Å². The number of aromatic nitrogens is 3. The number of para-hydroxylation sites is 2. The van der Waals surface area contributed by atoms with E-state index in [0.29, 0.717) is 5.95 Å². The highest BCUT2D eigenvalue weighted by molar-refractivity contribution is 6.35. The molecule has 0 atom stereocenters. The zero-order valence-corrected chi connectivity index (χ0v) is 32.3. The van der Waals surface area contributed by atoms with Gasteiger partial charge >= 0.3 is 0 Å². The molecular formula is C56H33N3O. The molecule has 10 aromatic carbocycles. The van der Waals surface area contributed by atoms with Crippen LogP contribution in [-0.2, 0) is 0 Å². The molecule has 0 aliphatic rings. The van der Waals surface area contributed by atoms with Crippen LogP contribution in [0.5, 0.6) is 0 Å². The first-order chi connectivity index (χ1) is 29.8. The lowest BCUT2D eigenvalue weighted by atomic mass is 9.93. The Bertz CT molecular complexity index is 3870. The first kappa shape index (κ1) is 32.9. The minimum Gasteiger partial charge on any atom is -0.454 e. The number of benzene rings is 10. The van der Waals surface area contributed by atoms with E-state index in [1.54, 1.807) is 0 Å². The Morgan fingerprint density at radius 1 is 0.383 bits per heavy atom. The van der Waals surface area contributed by atoms with E-state index in [2.05, 4.69) is 199 Å². The maximum absolute atomic E-state index is 6.99. The summed E-state index contributed by atoms with van der Waals surface area (Å²) in [7, 11) is 0. The number of hydrogen-bond donors (Lipinski definition) is 0. The Labute approximate surface area is 344 Å². The third-order valence-corrected chi connectivity index (χ3v) is 12.4. The van der Waals surface area contributed by atoms with Gasteiger partial charge in [-0.1, -0.05) is 176 Å². The average molecular weight is 764 g/mol. The molecule has 3 aromatic heterocycles. The SMILES string of the molecule is c1ccc(-c2ccc(-c3nc(-n4c5ccccc5c5c6cc(-c7cccc8ccccc78)ccc6c6c7ccccc7oc6c54)nc4c3ccc3ccccc34)cc2)cc1. The van der Waals surface area contributed by atoms with Crippen LogP contribution in [0, 0.1) is 0 Å². The fraction of sp³-hybridized carbons (Fsp3) is 0. The number of nitrogens with zero attached hydrogens (tertiary/aromatic N) is 3. The van der Waals surface area contributed by atoms with Gasteiger partial charge in [0.2, 0.25) is 5.95 Å². The number of furan rings is 1. The first-order valence-electron chi connectivity index (χ1n) is 20.4. The van der Waals surface area contributed by atoms with Crippen molar-refractivity contribution in [2.75, 3.05) is 0 Å². The summed E-state index contributed by atoms with van der Waals surface area (Å²) in [5.41, 5.74) is 11.2. The van der Waals surface area contributed by atoms with Gasteiger partial charge in [0.25, 0.3) is 0 Å². The van der Waals surface area contributed by atoms with Crippen molar-refractivity contribution in [3.05, 3.63) is 200 Å². The minimum absolute atomic E-state index is 0.596. The second-order valence-electron chi connectivity index (χ2n) is 15.7. The summed E-state index contributed by atoms with van der Waals surface area (Å²) in [6.07, 6.45) is 0. The molecule has 278 valence electrons. The van der Waals surface area contributed by atoms with Crippen LogP contribution >= 0.6 is 0 Å². The molecule has 13 aromatic rings. The topological polar surface area (TPSA) is 43.9 Å². The van der Waals surface area contributed by atoms with Crippen molar-refractivity contribution >= 4 is 87.0 Å². The van der Waals surface area contributed by atoms with Gasteiger partial charge in [0, 0.05) is 37.9 Å². The maximum Gasteiger partial charge on any atom is 0.235 e. The first-order valence-corrected chi connectivity index (χ1v) is 20.4.